The Morgan fingerprint density at radius 1 is 0.788 bits per heavy atom. The molecule has 0 saturated carbocycles. The summed E-state index contributed by atoms with van der Waals surface area (Å²) in [5.74, 6) is 0.957. The Kier molecular flexibility index (Phi) is 11.6. The summed E-state index contributed by atoms with van der Waals surface area (Å²) < 4.78 is 12.3. The number of carbonyl (C=O) groups is 2. The third kappa shape index (κ3) is 9.75. The van der Waals surface area contributed by atoms with Crippen LogP contribution in [0.4, 0.5) is 0 Å². The van der Waals surface area contributed by atoms with Crippen LogP contribution in [0.3, 0.4) is 0 Å². The topological polar surface area (TPSA) is 101 Å². The van der Waals surface area contributed by atoms with E-state index in [1.165, 1.54) is 12.4 Å². The van der Waals surface area contributed by atoms with Gasteiger partial charge in [-0.1, -0.05) is 38.3 Å². The van der Waals surface area contributed by atoms with E-state index in [9.17, 15) is 9.59 Å². The third-order valence-electron chi connectivity index (χ3n) is 4.48. The summed E-state index contributed by atoms with van der Waals surface area (Å²) in [4.78, 5) is 23.9. The molecular formula is C23H26Br2N4O4. The number of nitrogens with zero attached hydrogens (tertiary/aromatic N) is 2. The van der Waals surface area contributed by atoms with Gasteiger partial charge in [0.05, 0.1) is 26.6 Å². The lowest BCUT2D eigenvalue weighted by Crippen LogP contribution is -2.18. The van der Waals surface area contributed by atoms with Crippen LogP contribution in [0.1, 0.15) is 43.2 Å². The smallest absolute Gasteiger partial charge is 0.240 e. The van der Waals surface area contributed by atoms with Crippen molar-refractivity contribution in [3.63, 3.8) is 0 Å². The van der Waals surface area contributed by atoms with Crippen molar-refractivity contribution < 1.29 is 19.1 Å². The molecule has 0 saturated heterocycles. The zero-order valence-corrected chi connectivity index (χ0v) is 21.6. The molecule has 0 bridgehead atoms. The molecule has 0 aliphatic heterocycles. The monoisotopic (exact) mass is 580 g/mol. The Labute approximate surface area is 210 Å². The molecule has 176 valence electrons. The number of halogens is 2. The van der Waals surface area contributed by atoms with Gasteiger partial charge in [0.25, 0.3) is 0 Å². The van der Waals surface area contributed by atoms with Gasteiger partial charge >= 0.3 is 0 Å². The molecule has 10 heteroatoms. The quantitative estimate of drug-likeness (QED) is 0.214. The summed E-state index contributed by atoms with van der Waals surface area (Å²) in [6, 6.07) is 11.0. The van der Waals surface area contributed by atoms with Crippen molar-refractivity contribution in [1.29, 1.82) is 0 Å². The molecule has 0 heterocycles. The van der Waals surface area contributed by atoms with Gasteiger partial charge in [0.1, 0.15) is 11.5 Å². The van der Waals surface area contributed by atoms with E-state index in [-0.39, 0.29) is 11.8 Å². The van der Waals surface area contributed by atoms with Crippen LogP contribution >= 0.6 is 31.9 Å². The molecule has 0 aliphatic carbocycles. The summed E-state index contributed by atoms with van der Waals surface area (Å²) in [7, 11) is 3.15. The van der Waals surface area contributed by atoms with Crippen LogP contribution in [0.2, 0.25) is 0 Å². The average molecular weight is 582 g/mol. The van der Waals surface area contributed by atoms with Crippen molar-refractivity contribution in [1.82, 2.24) is 10.9 Å². The van der Waals surface area contributed by atoms with Gasteiger partial charge in [0.2, 0.25) is 11.8 Å². The summed E-state index contributed by atoms with van der Waals surface area (Å²) in [5, 5.41) is 7.96. The zero-order chi connectivity index (χ0) is 24.1. The van der Waals surface area contributed by atoms with E-state index in [0.29, 0.717) is 37.2 Å². The Balaban J connectivity index is 1.63. The van der Waals surface area contributed by atoms with Crippen LogP contribution in [0.25, 0.3) is 0 Å². The molecule has 0 aromatic heterocycles. The van der Waals surface area contributed by atoms with Gasteiger partial charge in [0.15, 0.2) is 0 Å². The number of unbranched alkanes of at least 4 members (excludes halogenated alkanes) is 2. The fraction of sp³-hybridized carbons (Fsp3) is 0.304. The first-order chi connectivity index (χ1) is 15.9. The second-order valence-corrected chi connectivity index (χ2v) is 8.75. The van der Waals surface area contributed by atoms with E-state index in [1.807, 2.05) is 36.4 Å². The van der Waals surface area contributed by atoms with Crippen molar-refractivity contribution in [2.75, 3.05) is 14.2 Å². The van der Waals surface area contributed by atoms with Crippen LogP contribution in [0.15, 0.2) is 55.5 Å². The second-order valence-electron chi connectivity index (χ2n) is 6.92. The number of amides is 2. The zero-order valence-electron chi connectivity index (χ0n) is 18.4. The van der Waals surface area contributed by atoms with Gasteiger partial charge < -0.3 is 9.47 Å². The molecule has 33 heavy (non-hydrogen) atoms. The molecule has 0 unspecified atom stereocenters. The number of methoxy groups -OCH3 is 2. The first kappa shape index (κ1) is 26.5. The number of hydrogen-bond acceptors (Lipinski definition) is 6. The number of hydrogen-bond donors (Lipinski definition) is 2. The van der Waals surface area contributed by atoms with Crippen molar-refractivity contribution in [2.45, 2.75) is 32.1 Å². The lowest BCUT2D eigenvalue weighted by Gasteiger charge is -2.05. The largest absolute Gasteiger partial charge is 0.496 e. The van der Waals surface area contributed by atoms with Crippen molar-refractivity contribution in [2.24, 2.45) is 10.2 Å². The normalized spacial score (nSPS) is 11.0. The fourth-order valence-electron chi connectivity index (χ4n) is 2.82. The van der Waals surface area contributed by atoms with E-state index in [4.69, 9.17) is 9.47 Å². The van der Waals surface area contributed by atoms with Crippen LogP contribution in [-0.4, -0.2) is 38.5 Å². The second kappa shape index (κ2) is 14.4. The molecule has 0 fully saturated rings. The number of ether oxygens (including phenoxy) is 2. The summed E-state index contributed by atoms with van der Waals surface area (Å²) in [6.45, 7) is 0. The van der Waals surface area contributed by atoms with Crippen LogP contribution in [-0.2, 0) is 9.59 Å². The molecule has 0 radical (unpaired) electrons. The van der Waals surface area contributed by atoms with Gasteiger partial charge in [0, 0.05) is 32.9 Å². The maximum Gasteiger partial charge on any atom is 0.240 e. The molecule has 2 aromatic rings. The SMILES string of the molecule is COc1ccc(Br)cc1/C=N\NC(=O)CCCCCC(=O)N/N=C\c1cc(Br)ccc1OC. The minimum Gasteiger partial charge on any atom is -0.496 e. The first-order valence-electron chi connectivity index (χ1n) is 10.2. The fourth-order valence-corrected chi connectivity index (χ4v) is 3.58. The first-order valence-corrected chi connectivity index (χ1v) is 11.8. The predicted molar refractivity (Wildman–Crippen MR) is 136 cm³/mol. The average Bonchev–Trinajstić information content (AvgIpc) is 2.79. The number of nitrogens with one attached hydrogen (secondary N) is 2. The Bertz CT molecular complexity index is 932. The molecule has 2 amide bonds. The predicted octanol–water partition coefficient (Wildman–Crippen LogP) is 4.78. The maximum absolute atomic E-state index is 11.9. The highest BCUT2D eigenvalue weighted by molar-refractivity contribution is 9.10. The molecule has 2 N–H and O–H groups in total. The van der Waals surface area contributed by atoms with E-state index < -0.39 is 0 Å². The summed E-state index contributed by atoms with van der Waals surface area (Å²) in [6.07, 6.45) is 5.80. The minimum absolute atomic E-state index is 0.183. The van der Waals surface area contributed by atoms with Crippen LogP contribution in [0.5, 0.6) is 11.5 Å². The third-order valence-corrected chi connectivity index (χ3v) is 5.46. The van der Waals surface area contributed by atoms with Gasteiger partial charge in [-0.25, -0.2) is 10.9 Å². The highest BCUT2D eigenvalue weighted by Crippen LogP contribution is 2.22. The Hall–Kier alpha value is -2.72. The molecular weight excluding hydrogens is 556 g/mol. The Morgan fingerprint density at radius 3 is 1.61 bits per heavy atom. The Morgan fingerprint density at radius 2 is 1.21 bits per heavy atom. The standard InChI is InChI=1S/C23H26Br2N4O4/c1-32-20-10-8-18(24)12-16(20)14-26-28-22(30)6-4-3-5-7-23(31)29-27-15-17-13-19(25)9-11-21(17)33-2/h8-15H,3-7H2,1-2H3,(H,28,30)(H,29,31)/b26-14-,27-15-. The maximum atomic E-state index is 11.9. The highest BCUT2D eigenvalue weighted by Gasteiger charge is 2.05. The number of rotatable bonds is 12. The summed E-state index contributed by atoms with van der Waals surface area (Å²) in [5.41, 5.74) is 6.51. The van der Waals surface area contributed by atoms with Gasteiger partial charge in [-0.05, 0) is 49.2 Å². The van der Waals surface area contributed by atoms with Crippen LogP contribution < -0.4 is 20.3 Å². The number of hydrazone groups is 2. The molecule has 2 aromatic carbocycles. The minimum atomic E-state index is -0.183. The molecule has 8 nitrogen and oxygen atoms in total. The van der Waals surface area contributed by atoms with E-state index in [2.05, 4.69) is 52.9 Å². The van der Waals surface area contributed by atoms with Crippen molar-refractivity contribution in [3.8, 4) is 11.5 Å². The van der Waals surface area contributed by atoms with E-state index in [1.54, 1.807) is 14.2 Å². The summed E-state index contributed by atoms with van der Waals surface area (Å²) >= 11 is 6.78. The van der Waals surface area contributed by atoms with Gasteiger partial charge in [-0.2, -0.15) is 10.2 Å². The van der Waals surface area contributed by atoms with Crippen molar-refractivity contribution in [3.05, 3.63) is 56.5 Å². The molecule has 2 rings (SSSR count). The van der Waals surface area contributed by atoms with Gasteiger partial charge in [-0.3, -0.25) is 9.59 Å². The van der Waals surface area contributed by atoms with Crippen LogP contribution in [0, 0.1) is 0 Å². The van der Waals surface area contributed by atoms with E-state index >= 15 is 0 Å². The lowest BCUT2D eigenvalue weighted by molar-refractivity contribution is -0.121. The lowest BCUT2D eigenvalue weighted by atomic mass is 10.1. The number of carbonyl (C=O) groups excluding carboxylic acids is 2. The molecule has 0 aliphatic rings. The van der Waals surface area contributed by atoms with E-state index in [0.717, 1.165) is 26.5 Å². The molecule has 0 atom stereocenters. The highest BCUT2D eigenvalue weighted by atomic mass is 79.9. The number of benzene rings is 2. The van der Waals surface area contributed by atoms with Gasteiger partial charge in [-0.15, -0.1) is 0 Å². The molecule has 0 spiro atoms. The van der Waals surface area contributed by atoms with Crippen molar-refractivity contribution >= 4 is 56.1 Å².